The topological polar surface area (TPSA) is 67.5 Å². The van der Waals surface area contributed by atoms with E-state index in [-0.39, 0.29) is 30.2 Å². The van der Waals surface area contributed by atoms with Gasteiger partial charge in [-0.3, -0.25) is 5.10 Å². The van der Waals surface area contributed by atoms with Crippen molar-refractivity contribution < 1.29 is 23.0 Å². The fourth-order valence-electron chi connectivity index (χ4n) is 5.23. The molecule has 0 unspecified atom stereocenters. The van der Waals surface area contributed by atoms with Crippen molar-refractivity contribution in [3.8, 4) is 0 Å². The molecule has 0 bridgehead atoms. The van der Waals surface area contributed by atoms with E-state index in [4.69, 9.17) is 9.47 Å². The maximum absolute atomic E-state index is 13.5. The van der Waals surface area contributed by atoms with Gasteiger partial charge in [0.1, 0.15) is 0 Å². The van der Waals surface area contributed by atoms with Crippen LogP contribution in [0.4, 0.5) is 13.6 Å². The number of H-pyrrole nitrogens is 1. The molecule has 1 aliphatic heterocycles. The molecule has 2 heterocycles. The lowest BCUT2D eigenvalue weighted by Crippen LogP contribution is -2.50. The maximum Gasteiger partial charge on any atom is 0.409 e. The van der Waals surface area contributed by atoms with Gasteiger partial charge in [-0.2, -0.15) is 5.10 Å². The summed E-state index contributed by atoms with van der Waals surface area (Å²) in [6.07, 6.45) is 3.65. The van der Waals surface area contributed by atoms with Gasteiger partial charge in [-0.25, -0.2) is 13.6 Å². The summed E-state index contributed by atoms with van der Waals surface area (Å²) in [5, 5.41) is 6.71. The zero-order valence-electron chi connectivity index (χ0n) is 18.4. The average Bonchev–Trinajstić information content (AvgIpc) is 3.33. The number of benzene rings is 1. The van der Waals surface area contributed by atoms with Gasteiger partial charge in [-0.15, -0.1) is 0 Å². The Bertz CT molecular complexity index is 868. The van der Waals surface area contributed by atoms with Crippen LogP contribution < -0.4 is 0 Å². The molecular formula is C24H31F2N3O3. The third-order valence-electron chi connectivity index (χ3n) is 6.92. The maximum atomic E-state index is 13.5. The predicted octanol–water partition coefficient (Wildman–Crippen LogP) is 5.40. The Morgan fingerprint density at radius 3 is 2.62 bits per heavy atom. The summed E-state index contributed by atoms with van der Waals surface area (Å²) in [6, 6.07) is 10.2. The molecule has 0 spiro atoms. The molecule has 1 aliphatic carbocycles. The molecule has 2 atom stereocenters. The van der Waals surface area contributed by atoms with Crippen LogP contribution in [0.3, 0.4) is 0 Å². The van der Waals surface area contributed by atoms with Gasteiger partial charge in [-0.1, -0.05) is 30.3 Å². The molecule has 1 aromatic heterocycles. The predicted molar refractivity (Wildman–Crippen MR) is 116 cm³/mol. The van der Waals surface area contributed by atoms with Gasteiger partial charge >= 0.3 is 6.09 Å². The SMILES string of the molecule is COC(=O)N1CCC[C@@H](c2n[nH]cc2C(F)F)[C@H]1COC1CCC(c2ccccc2)CC1. The van der Waals surface area contributed by atoms with Crippen LogP contribution in [0, 0.1) is 0 Å². The number of aromatic nitrogens is 2. The van der Waals surface area contributed by atoms with Crippen molar-refractivity contribution in [3.05, 3.63) is 53.3 Å². The minimum atomic E-state index is -2.62. The van der Waals surface area contributed by atoms with Gasteiger partial charge in [0.05, 0.1) is 37.1 Å². The number of likely N-dealkylation sites (tertiary alicyclic amines) is 1. The van der Waals surface area contributed by atoms with E-state index in [1.165, 1.54) is 18.9 Å². The van der Waals surface area contributed by atoms with E-state index < -0.39 is 12.5 Å². The molecular weight excluding hydrogens is 416 g/mol. The van der Waals surface area contributed by atoms with E-state index in [0.29, 0.717) is 31.0 Å². The molecule has 2 aliphatic rings. The van der Waals surface area contributed by atoms with Crippen LogP contribution in [0.25, 0.3) is 0 Å². The highest BCUT2D eigenvalue weighted by molar-refractivity contribution is 5.68. The van der Waals surface area contributed by atoms with Crippen LogP contribution in [0.15, 0.2) is 36.5 Å². The molecule has 32 heavy (non-hydrogen) atoms. The number of nitrogens with zero attached hydrogens (tertiary/aromatic N) is 2. The number of nitrogens with one attached hydrogen (secondary N) is 1. The lowest BCUT2D eigenvalue weighted by molar-refractivity contribution is -0.0245. The Morgan fingerprint density at radius 2 is 1.94 bits per heavy atom. The molecule has 1 amide bonds. The van der Waals surface area contributed by atoms with Crippen molar-refractivity contribution >= 4 is 6.09 Å². The highest BCUT2D eigenvalue weighted by atomic mass is 19.3. The Hall–Kier alpha value is -2.48. The second-order valence-corrected chi connectivity index (χ2v) is 8.72. The second-order valence-electron chi connectivity index (χ2n) is 8.72. The molecule has 2 fully saturated rings. The number of carbonyl (C=O) groups is 1. The van der Waals surface area contributed by atoms with Crippen LogP contribution >= 0.6 is 0 Å². The highest BCUT2D eigenvalue weighted by Crippen LogP contribution is 2.38. The van der Waals surface area contributed by atoms with Gasteiger partial charge in [0.25, 0.3) is 6.43 Å². The third-order valence-corrected chi connectivity index (χ3v) is 6.92. The Balaban J connectivity index is 1.43. The minimum Gasteiger partial charge on any atom is -0.453 e. The second kappa shape index (κ2) is 10.4. The van der Waals surface area contributed by atoms with Crippen molar-refractivity contribution in [2.24, 2.45) is 0 Å². The van der Waals surface area contributed by atoms with Crippen molar-refractivity contribution in [3.63, 3.8) is 0 Å². The number of carbonyl (C=O) groups excluding carboxylic acids is 1. The number of piperidine rings is 1. The van der Waals surface area contributed by atoms with E-state index in [9.17, 15) is 13.6 Å². The van der Waals surface area contributed by atoms with Crippen molar-refractivity contribution in [2.75, 3.05) is 20.3 Å². The number of halogens is 2. The Kier molecular flexibility index (Phi) is 7.40. The molecule has 1 aromatic carbocycles. The lowest BCUT2D eigenvalue weighted by atomic mass is 9.82. The van der Waals surface area contributed by atoms with Gasteiger partial charge in [-0.05, 0) is 50.0 Å². The van der Waals surface area contributed by atoms with E-state index >= 15 is 0 Å². The normalized spacial score (nSPS) is 26.3. The van der Waals surface area contributed by atoms with E-state index in [1.807, 2.05) is 6.07 Å². The molecule has 4 rings (SSSR count). The van der Waals surface area contributed by atoms with Crippen molar-refractivity contribution in [1.82, 2.24) is 15.1 Å². The molecule has 0 radical (unpaired) electrons. The average molecular weight is 448 g/mol. The number of hydrogen-bond donors (Lipinski definition) is 1. The third kappa shape index (κ3) is 4.95. The standard InChI is InChI=1S/C24H31F2N3O3/c1-31-24(30)29-13-5-8-19(22-20(23(25)26)14-27-28-22)21(29)15-32-18-11-9-17(10-12-18)16-6-3-2-4-7-16/h2-4,6-7,14,17-19,21,23H,5,8-13,15H2,1H3,(H,27,28)/t17?,18?,19-,21-/m1/s1. The smallest absolute Gasteiger partial charge is 0.409 e. The summed E-state index contributed by atoms with van der Waals surface area (Å²) in [6.45, 7) is 0.808. The van der Waals surface area contributed by atoms with Crippen LogP contribution in [-0.2, 0) is 9.47 Å². The first-order valence-electron chi connectivity index (χ1n) is 11.4. The zero-order chi connectivity index (χ0) is 22.5. The zero-order valence-corrected chi connectivity index (χ0v) is 18.4. The summed E-state index contributed by atoms with van der Waals surface area (Å²) in [4.78, 5) is 14.1. The lowest BCUT2D eigenvalue weighted by Gasteiger charge is -2.41. The molecule has 8 heteroatoms. The van der Waals surface area contributed by atoms with Crippen molar-refractivity contribution in [1.29, 1.82) is 0 Å². The Labute approximate surface area is 187 Å². The first kappa shape index (κ1) is 22.7. The van der Waals surface area contributed by atoms with Crippen molar-refractivity contribution in [2.45, 2.75) is 68.9 Å². The molecule has 1 N–H and O–H groups in total. The molecule has 6 nitrogen and oxygen atoms in total. The number of amides is 1. The Morgan fingerprint density at radius 1 is 1.19 bits per heavy atom. The monoisotopic (exact) mass is 447 g/mol. The number of alkyl halides is 2. The van der Waals surface area contributed by atoms with Gasteiger partial charge < -0.3 is 14.4 Å². The first-order valence-corrected chi connectivity index (χ1v) is 11.4. The first-order chi connectivity index (χ1) is 15.6. The number of hydrogen-bond acceptors (Lipinski definition) is 4. The molecule has 1 saturated heterocycles. The van der Waals surface area contributed by atoms with Gasteiger partial charge in [0.15, 0.2) is 0 Å². The number of aromatic amines is 1. The fourth-order valence-corrected chi connectivity index (χ4v) is 5.23. The summed E-state index contributed by atoms with van der Waals surface area (Å²) in [5.74, 6) is 0.224. The molecule has 1 saturated carbocycles. The molecule has 2 aromatic rings. The van der Waals surface area contributed by atoms with Crippen LogP contribution in [0.5, 0.6) is 0 Å². The quantitative estimate of drug-likeness (QED) is 0.643. The summed E-state index contributed by atoms with van der Waals surface area (Å²) in [5.41, 5.74) is 1.60. The van der Waals surface area contributed by atoms with Crippen LogP contribution in [-0.4, -0.2) is 53.6 Å². The minimum absolute atomic E-state index is 0.102. The number of rotatable bonds is 6. The van der Waals surface area contributed by atoms with E-state index in [0.717, 1.165) is 25.7 Å². The van der Waals surface area contributed by atoms with Gasteiger partial charge in [0.2, 0.25) is 0 Å². The highest BCUT2D eigenvalue weighted by Gasteiger charge is 2.39. The molecule has 174 valence electrons. The van der Waals surface area contributed by atoms with Crippen LogP contribution in [0.2, 0.25) is 0 Å². The summed E-state index contributed by atoms with van der Waals surface area (Å²) >= 11 is 0. The number of methoxy groups -OCH3 is 1. The number of ether oxygens (including phenoxy) is 2. The van der Waals surface area contributed by atoms with Crippen LogP contribution in [0.1, 0.15) is 73.6 Å². The van der Waals surface area contributed by atoms with E-state index in [2.05, 4.69) is 34.5 Å². The largest absolute Gasteiger partial charge is 0.453 e. The summed E-state index contributed by atoms with van der Waals surface area (Å²) in [7, 11) is 1.34. The van der Waals surface area contributed by atoms with E-state index in [1.54, 1.807) is 4.90 Å². The van der Waals surface area contributed by atoms with Gasteiger partial charge in [0, 0.05) is 18.7 Å². The fraction of sp³-hybridized carbons (Fsp3) is 0.583. The summed E-state index contributed by atoms with van der Waals surface area (Å²) < 4.78 is 38.3.